The van der Waals surface area contributed by atoms with Crippen molar-refractivity contribution in [2.24, 2.45) is 11.7 Å². The Bertz CT molecular complexity index is 390. The van der Waals surface area contributed by atoms with Gasteiger partial charge in [0, 0.05) is 6.42 Å². The Morgan fingerprint density at radius 2 is 1.74 bits per heavy atom. The summed E-state index contributed by atoms with van der Waals surface area (Å²) in [5.74, 6) is 1.35. The van der Waals surface area contributed by atoms with Gasteiger partial charge in [-0.1, -0.05) is 32.9 Å². The molecule has 0 aliphatic heterocycles. The Kier molecular flexibility index (Phi) is 7.72. The number of hydrogen-bond donors (Lipinski definition) is 1. The van der Waals surface area contributed by atoms with Crippen molar-refractivity contribution in [3.8, 4) is 5.75 Å². The molecule has 0 aromatic heterocycles. The number of ether oxygens (including phenoxy) is 1. The number of carbonyl (C=O) groups excluding carboxylic acids is 1. The lowest BCUT2D eigenvalue weighted by molar-refractivity contribution is -0.121. The normalized spacial score (nSPS) is 13.6. The van der Waals surface area contributed by atoms with Gasteiger partial charge in [0.15, 0.2) is 0 Å². The van der Waals surface area contributed by atoms with Gasteiger partial charge in [-0.3, -0.25) is 4.79 Å². The van der Waals surface area contributed by atoms with E-state index in [0.29, 0.717) is 6.42 Å². The number of ketones is 1. The number of rotatable bonds is 6. The topological polar surface area (TPSA) is 52.3 Å². The van der Waals surface area contributed by atoms with E-state index in [1.54, 1.807) is 7.11 Å². The molecule has 1 aromatic carbocycles. The number of carbonyl (C=O) groups is 1. The zero-order chi connectivity index (χ0) is 13.7. The Hall–Kier alpha value is -1.06. The average Bonchev–Trinajstić information content (AvgIpc) is 2.37. The van der Waals surface area contributed by atoms with E-state index in [9.17, 15) is 4.79 Å². The molecular weight excluding hydrogens is 262 g/mol. The van der Waals surface area contributed by atoms with Gasteiger partial charge in [-0.25, -0.2) is 0 Å². The SMILES string of the molecule is COc1ccc([C@@H](C)CC(=O)[C@H](N)C(C)C)cc1.Cl. The fourth-order valence-electron chi connectivity index (χ4n) is 1.86. The predicted octanol–water partition coefficient (Wildman–Crippen LogP) is 3.16. The van der Waals surface area contributed by atoms with Crippen LogP contribution in [0, 0.1) is 5.92 Å². The molecule has 1 aromatic rings. The zero-order valence-electron chi connectivity index (χ0n) is 12.1. The summed E-state index contributed by atoms with van der Waals surface area (Å²) in [5.41, 5.74) is 7.00. The van der Waals surface area contributed by atoms with Crippen LogP contribution < -0.4 is 10.5 Å². The summed E-state index contributed by atoms with van der Waals surface area (Å²) < 4.78 is 5.11. The largest absolute Gasteiger partial charge is 0.497 e. The lowest BCUT2D eigenvalue weighted by Crippen LogP contribution is -2.36. The van der Waals surface area contributed by atoms with Crippen LogP contribution in [0.15, 0.2) is 24.3 Å². The molecule has 0 saturated heterocycles. The molecule has 0 fully saturated rings. The van der Waals surface area contributed by atoms with Gasteiger partial charge >= 0.3 is 0 Å². The Morgan fingerprint density at radius 1 is 1.21 bits per heavy atom. The van der Waals surface area contributed by atoms with Crippen LogP contribution in [0.25, 0.3) is 0 Å². The van der Waals surface area contributed by atoms with Crippen LogP contribution in [0.4, 0.5) is 0 Å². The summed E-state index contributed by atoms with van der Waals surface area (Å²) in [6.45, 7) is 5.99. The molecule has 1 rings (SSSR count). The Labute approximate surface area is 121 Å². The maximum Gasteiger partial charge on any atom is 0.150 e. The summed E-state index contributed by atoms with van der Waals surface area (Å²) in [6.07, 6.45) is 0.492. The molecule has 3 nitrogen and oxygen atoms in total. The van der Waals surface area contributed by atoms with Gasteiger partial charge in [0.25, 0.3) is 0 Å². The van der Waals surface area contributed by atoms with Crippen LogP contribution in [0.3, 0.4) is 0 Å². The second-order valence-corrected chi connectivity index (χ2v) is 5.11. The molecule has 2 N–H and O–H groups in total. The van der Waals surface area contributed by atoms with Crippen LogP contribution in [0.2, 0.25) is 0 Å². The maximum absolute atomic E-state index is 11.9. The third-order valence-electron chi connectivity index (χ3n) is 3.28. The third kappa shape index (κ3) is 5.21. The highest BCUT2D eigenvalue weighted by atomic mass is 35.5. The number of methoxy groups -OCH3 is 1. The van der Waals surface area contributed by atoms with E-state index < -0.39 is 0 Å². The molecule has 4 heteroatoms. The molecule has 0 spiro atoms. The van der Waals surface area contributed by atoms with E-state index in [1.165, 1.54) is 0 Å². The third-order valence-corrected chi connectivity index (χ3v) is 3.28. The highest BCUT2D eigenvalue weighted by Gasteiger charge is 2.20. The van der Waals surface area contributed by atoms with Crippen molar-refractivity contribution in [1.82, 2.24) is 0 Å². The predicted molar refractivity (Wildman–Crippen MR) is 81.1 cm³/mol. The molecule has 0 amide bonds. The molecule has 108 valence electrons. The minimum absolute atomic E-state index is 0. The first kappa shape index (κ1) is 17.9. The van der Waals surface area contributed by atoms with Crippen LogP contribution in [0.1, 0.15) is 38.7 Å². The highest BCUT2D eigenvalue weighted by molar-refractivity contribution is 5.85. The molecule has 19 heavy (non-hydrogen) atoms. The van der Waals surface area contributed by atoms with Crippen molar-refractivity contribution in [1.29, 1.82) is 0 Å². The number of Topliss-reactive ketones (excluding diaryl/α,β-unsaturated/α-hetero) is 1. The van der Waals surface area contributed by atoms with Gasteiger partial charge in [0.05, 0.1) is 13.2 Å². The van der Waals surface area contributed by atoms with E-state index in [4.69, 9.17) is 10.5 Å². The van der Waals surface area contributed by atoms with Crippen LogP contribution in [-0.2, 0) is 4.79 Å². The van der Waals surface area contributed by atoms with Crippen LogP contribution in [0.5, 0.6) is 5.75 Å². The molecule has 0 radical (unpaired) electrons. The first-order chi connectivity index (χ1) is 8.45. The van der Waals surface area contributed by atoms with Crippen molar-refractivity contribution in [2.75, 3.05) is 7.11 Å². The molecule has 0 unspecified atom stereocenters. The van der Waals surface area contributed by atoms with Gasteiger partial charge in [-0.05, 0) is 29.5 Å². The molecular formula is C15H24ClNO2. The van der Waals surface area contributed by atoms with Gasteiger partial charge in [0.1, 0.15) is 11.5 Å². The molecule has 0 saturated carbocycles. The summed E-state index contributed by atoms with van der Waals surface area (Å²) in [5, 5.41) is 0. The number of halogens is 1. The second kappa shape index (κ2) is 8.18. The molecule has 0 aliphatic rings. The number of benzene rings is 1. The van der Waals surface area contributed by atoms with Gasteiger partial charge < -0.3 is 10.5 Å². The highest BCUT2D eigenvalue weighted by Crippen LogP contribution is 2.23. The van der Waals surface area contributed by atoms with Crippen molar-refractivity contribution < 1.29 is 9.53 Å². The lowest BCUT2D eigenvalue weighted by Gasteiger charge is -2.17. The summed E-state index contributed by atoms with van der Waals surface area (Å²) in [4.78, 5) is 11.9. The zero-order valence-corrected chi connectivity index (χ0v) is 12.9. The fraction of sp³-hybridized carbons (Fsp3) is 0.533. The lowest BCUT2D eigenvalue weighted by atomic mass is 9.90. The van der Waals surface area contributed by atoms with Crippen molar-refractivity contribution >= 4 is 18.2 Å². The summed E-state index contributed by atoms with van der Waals surface area (Å²) in [7, 11) is 1.64. The van der Waals surface area contributed by atoms with E-state index >= 15 is 0 Å². The Balaban J connectivity index is 0.00000324. The molecule has 0 heterocycles. The fourth-order valence-corrected chi connectivity index (χ4v) is 1.86. The quantitative estimate of drug-likeness (QED) is 0.873. The first-order valence-corrected chi connectivity index (χ1v) is 6.38. The molecule has 2 atom stereocenters. The van der Waals surface area contributed by atoms with Gasteiger partial charge in [-0.15, -0.1) is 12.4 Å². The van der Waals surface area contributed by atoms with Crippen LogP contribution in [-0.4, -0.2) is 18.9 Å². The summed E-state index contributed by atoms with van der Waals surface area (Å²) in [6, 6.07) is 7.47. The van der Waals surface area contributed by atoms with E-state index in [1.807, 2.05) is 45.0 Å². The minimum atomic E-state index is -0.356. The first-order valence-electron chi connectivity index (χ1n) is 6.38. The van der Waals surface area contributed by atoms with Crippen molar-refractivity contribution in [3.05, 3.63) is 29.8 Å². The van der Waals surface area contributed by atoms with Crippen LogP contribution >= 0.6 is 12.4 Å². The second-order valence-electron chi connectivity index (χ2n) is 5.11. The maximum atomic E-state index is 11.9. The number of hydrogen-bond acceptors (Lipinski definition) is 3. The van der Waals surface area contributed by atoms with Gasteiger partial charge in [-0.2, -0.15) is 0 Å². The monoisotopic (exact) mass is 285 g/mol. The van der Waals surface area contributed by atoms with E-state index in [-0.39, 0.29) is 36.1 Å². The molecule has 0 aliphatic carbocycles. The average molecular weight is 286 g/mol. The van der Waals surface area contributed by atoms with E-state index in [2.05, 4.69) is 0 Å². The minimum Gasteiger partial charge on any atom is -0.497 e. The number of nitrogens with two attached hydrogens (primary N) is 1. The van der Waals surface area contributed by atoms with Crippen molar-refractivity contribution in [3.63, 3.8) is 0 Å². The Morgan fingerprint density at radius 3 is 2.16 bits per heavy atom. The summed E-state index contributed by atoms with van der Waals surface area (Å²) >= 11 is 0. The standard InChI is InChI=1S/C15H23NO2.ClH/c1-10(2)15(16)14(17)9-11(3)12-5-7-13(18-4)8-6-12;/h5-8,10-11,15H,9,16H2,1-4H3;1H/t11-,15+;/m0./s1. The van der Waals surface area contributed by atoms with Gasteiger partial charge in [0.2, 0.25) is 0 Å². The molecule has 0 bridgehead atoms. The van der Waals surface area contributed by atoms with E-state index in [0.717, 1.165) is 11.3 Å². The van der Waals surface area contributed by atoms with Crippen molar-refractivity contribution in [2.45, 2.75) is 39.2 Å². The smallest absolute Gasteiger partial charge is 0.150 e.